The van der Waals surface area contributed by atoms with Crippen LogP contribution in [0.2, 0.25) is 5.02 Å². The van der Waals surface area contributed by atoms with Crippen LogP contribution in [0.1, 0.15) is 18.0 Å². The molecule has 2 atom stereocenters. The minimum absolute atomic E-state index is 0.215. The predicted molar refractivity (Wildman–Crippen MR) is 67.1 cm³/mol. The Kier molecular flexibility index (Phi) is 3.36. The van der Waals surface area contributed by atoms with Crippen molar-refractivity contribution in [3.05, 3.63) is 33.3 Å². The number of hydrogen-bond acceptors (Lipinski definition) is 2. The van der Waals surface area contributed by atoms with E-state index in [2.05, 4.69) is 33.9 Å². The second-order valence-corrected chi connectivity index (χ2v) is 5.33. The summed E-state index contributed by atoms with van der Waals surface area (Å²) in [6.45, 7) is 1.06. The van der Waals surface area contributed by atoms with Gasteiger partial charge in [-0.1, -0.05) is 33.6 Å². The minimum Gasteiger partial charge on any atom is -0.326 e. The second-order valence-electron chi connectivity index (χ2n) is 4.04. The zero-order chi connectivity index (χ0) is 11.0. The Morgan fingerprint density at radius 2 is 2.27 bits per heavy atom. The highest BCUT2D eigenvalue weighted by Gasteiger charge is 2.31. The number of hydrogen-bond donors (Lipinski definition) is 1. The standard InChI is InChI=1S/C11H14BrClN2/c1-15-5-4-10(14)11(15)8-3-2-7(13)6-9(8)12/h2-3,6,10-11H,4-5,14H2,1H3. The molecule has 2 N–H and O–H groups in total. The van der Waals surface area contributed by atoms with Gasteiger partial charge in [-0.2, -0.15) is 0 Å². The van der Waals surface area contributed by atoms with E-state index in [4.69, 9.17) is 17.3 Å². The lowest BCUT2D eigenvalue weighted by Gasteiger charge is -2.24. The average Bonchev–Trinajstić information content (AvgIpc) is 2.48. The Morgan fingerprint density at radius 3 is 2.80 bits per heavy atom. The molecule has 1 heterocycles. The molecular formula is C11H14BrClN2. The van der Waals surface area contributed by atoms with Crippen LogP contribution in [-0.2, 0) is 0 Å². The van der Waals surface area contributed by atoms with E-state index in [1.807, 2.05) is 12.1 Å². The fraction of sp³-hybridized carbons (Fsp3) is 0.455. The largest absolute Gasteiger partial charge is 0.326 e. The quantitative estimate of drug-likeness (QED) is 0.861. The first-order chi connectivity index (χ1) is 7.09. The highest BCUT2D eigenvalue weighted by Crippen LogP contribution is 2.35. The van der Waals surface area contributed by atoms with E-state index in [0.29, 0.717) is 6.04 Å². The fourth-order valence-corrected chi connectivity index (χ4v) is 3.10. The maximum atomic E-state index is 6.11. The molecule has 0 spiro atoms. The summed E-state index contributed by atoms with van der Waals surface area (Å²) in [6.07, 6.45) is 1.05. The minimum atomic E-state index is 0.215. The fourth-order valence-electron chi connectivity index (χ4n) is 2.19. The molecule has 1 fully saturated rings. The molecule has 1 aromatic rings. The predicted octanol–water partition coefficient (Wildman–Crippen LogP) is 2.81. The first kappa shape index (κ1) is 11.4. The van der Waals surface area contributed by atoms with Crippen LogP contribution < -0.4 is 5.73 Å². The Labute approximate surface area is 104 Å². The number of likely N-dealkylation sites (N-methyl/N-ethyl adjacent to an activating group) is 1. The summed E-state index contributed by atoms with van der Waals surface area (Å²) in [5, 5.41) is 0.750. The van der Waals surface area contributed by atoms with Crippen LogP contribution in [0.3, 0.4) is 0 Å². The van der Waals surface area contributed by atoms with Gasteiger partial charge in [-0.25, -0.2) is 0 Å². The third-order valence-corrected chi connectivity index (χ3v) is 3.90. The Bertz CT molecular complexity index is 360. The van der Waals surface area contributed by atoms with Gasteiger partial charge >= 0.3 is 0 Å². The third-order valence-electron chi connectivity index (χ3n) is 2.98. The van der Waals surface area contributed by atoms with Crippen LogP contribution in [0, 0.1) is 0 Å². The molecule has 0 radical (unpaired) electrons. The van der Waals surface area contributed by atoms with E-state index in [9.17, 15) is 0 Å². The number of halogens is 2. The van der Waals surface area contributed by atoms with Gasteiger partial charge in [-0.15, -0.1) is 0 Å². The van der Waals surface area contributed by atoms with Crippen LogP contribution in [0.15, 0.2) is 22.7 Å². The molecular weight excluding hydrogens is 275 g/mol. The van der Waals surface area contributed by atoms with Crippen LogP contribution in [0.4, 0.5) is 0 Å². The van der Waals surface area contributed by atoms with E-state index < -0.39 is 0 Å². The molecule has 2 unspecified atom stereocenters. The Hall–Kier alpha value is -0.0900. The van der Waals surface area contributed by atoms with Crippen LogP contribution in [-0.4, -0.2) is 24.5 Å². The van der Waals surface area contributed by atoms with Crippen molar-refractivity contribution >= 4 is 27.5 Å². The zero-order valence-corrected chi connectivity index (χ0v) is 10.9. The maximum absolute atomic E-state index is 6.11. The van der Waals surface area contributed by atoms with E-state index in [1.54, 1.807) is 0 Å². The zero-order valence-electron chi connectivity index (χ0n) is 8.58. The second kappa shape index (κ2) is 4.42. The van der Waals surface area contributed by atoms with Crippen molar-refractivity contribution in [3.63, 3.8) is 0 Å². The van der Waals surface area contributed by atoms with E-state index in [1.165, 1.54) is 5.56 Å². The molecule has 1 aromatic carbocycles. The molecule has 0 aromatic heterocycles. The molecule has 2 nitrogen and oxygen atoms in total. The molecule has 0 amide bonds. The van der Waals surface area contributed by atoms with Crippen molar-refractivity contribution in [2.24, 2.45) is 5.73 Å². The number of nitrogens with two attached hydrogens (primary N) is 1. The molecule has 1 saturated heterocycles. The van der Waals surface area contributed by atoms with Crippen molar-refractivity contribution in [2.45, 2.75) is 18.5 Å². The van der Waals surface area contributed by atoms with Crippen molar-refractivity contribution < 1.29 is 0 Å². The normalized spacial score (nSPS) is 27.2. The van der Waals surface area contributed by atoms with Crippen LogP contribution in [0.25, 0.3) is 0 Å². The Balaban J connectivity index is 2.36. The number of nitrogens with zero attached hydrogens (tertiary/aromatic N) is 1. The number of likely N-dealkylation sites (tertiary alicyclic amines) is 1. The van der Waals surface area contributed by atoms with Crippen molar-refractivity contribution in [3.8, 4) is 0 Å². The topological polar surface area (TPSA) is 29.3 Å². The lowest BCUT2D eigenvalue weighted by Crippen LogP contribution is -2.29. The molecule has 0 bridgehead atoms. The molecule has 15 heavy (non-hydrogen) atoms. The smallest absolute Gasteiger partial charge is 0.0508 e. The summed E-state index contributed by atoms with van der Waals surface area (Å²) in [7, 11) is 2.11. The summed E-state index contributed by atoms with van der Waals surface area (Å²) < 4.78 is 1.05. The SMILES string of the molecule is CN1CCC(N)C1c1ccc(Cl)cc1Br. The first-order valence-electron chi connectivity index (χ1n) is 5.00. The molecule has 1 aliphatic heterocycles. The summed E-state index contributed by atoms with van der Waals surface area (Å²) in [5.74, 6) is 0. The summed E-state index contributed by atoms with van der Waals surface area (Å²) >= 11 is 9.47. The lowest BCUT2D eigenvalue weighted by atomic mass is 10.0. The average molecular weight is 290 g/mol. The van der Waals surface area contributed by atoms with Gasteiger partial charge in [0, 0.05) is 22.1 Å². The summed E-state index contributed by atoms with van der Waals surface area (Å²) in [4.78, 5) is 2.29. The molecule has 0 saturated carbocycles. The van der Waals surface area contributed by atoms with Gasteiger partial charge in [0.2, 0.25) is 0 Å². The van der Waals surface area contributed by atoms with Crippen molar-refractivity contribution in [1.82, 2.24) is 4.90 Å². The lowest BCUT2D eigenvalue weighted by molar-refractivity contribution is 0.303. The molecule has 0 aliphatic carbocycles. The molecule has 2 rings (SSSR count). The maximum Gasteiger partial charge on any atom is 0.0508 e. The van der Waals surface area contributed by atoms with Crippen LogP contribution in [0.5, 0.6) is 0 Å². The van der Waals surface area contributed by atoms with Gasteiger partial charge in [0.15, 0.2) is 0 Å². The van der Waals surface area contributed by atoms with Crippen molar-refractivity contribution in [1.29, 1.82) is 0 Å². The summed E-state index contributed by atoms with van der Waals surface area (Å²) in [5.41, 5.74) is 7.34. The van der Waals surface area contributed by atoms with Crippen LogP contribution >= 0.6 is 27.5 Å². The first-order valence-corrected chi connectivity index (χ1v) is 6.17. The van der Waals surface area contributed by atoms with Gasteiger partial charge in [-0.05, 0) is 31.2 Å². The van der Waals surface area contributed by atoms with E-state index in [-0.39, 0.29) is 6.04 Å². The van der Waals surface area contributed by atoms with E-state index >= 15 is 0 Å². The summed E-state index contributed by atoms with van der Waals surface area (Å²) in [6, 6.07) is 6.42. The number of rotatable bonds is 1. The van der Waals surface area contributed by atoms with Gasteiger partial charge in [0.25, 0.3) is 0 Å². The van der Waals surface area contributed by atoms with Gasteiger partial charge in [0.05, 0.1) is 6.04 Å². The van der Waals surface area contributed by atoms with Crippen molar-refractivity contribution in [2.75, 3.05) is 13.6 Å². The number of benzene rings is 1. The monoisotopic (exact) mass is 288 g/mol. The molecule has 4 heteroatoms. The van der Waals surface area contributed by atoms with Gasteiger partial charge in [-0.3, -0.25) is 4.90 Å². The Morgan fingerprint density at radius 1 is 1.53 bits per heavy atom. The van der Waals surface area contributed by atoms with E-state index in [0.717, 1.165) is 22.5 Å². The van der Waals surface area contributed by atoms with Gasteiger partial charge < -0.3 is 5.73 Å². The molecule has 1 aliphatic rings. The highest BCUT2D eigenvalue weighted by molar-refractivity contribution is 9.10. The highest BCUT2D eigenvalue weighted by atomic mass is 79.9. The third kappa shape index (κ3) is 2.21. The molecule has 82 valence electrons. The van der Waals surface area contributed by atoms with Gasteiger partial charge in [0.1, 0.15) is 0 Å².